The van der Waals surface area contributed by atoms with Crippen LogP contribution in [0.4, 0.5) is 4.39 Å². The van der Waals surface area contributed by atoms with Gasteiger partial charge in [-0.3, -0.25) is 0 Å². The summed E-state index contributed by atoms with van der Waals surface area (Å²) < 4.78 is 50.0. The number of ether oxygens (including phenoxy) is 2. The van der Waals surface area contributed by atoms with E-state index in [0.717, 1.165) is 17.7 Å². The molecule has 0 aliphatic carbocycles. The van der Waals surface area contributed by atoms with Crippen molar-refractivity contribution in [1.82, 2.24) is 4.72 Å². The number of halogens is 1. The number of sulfonamides is 1. The number of benzene rings is 2. The second kappa shape index (κ2) is 7.43. The summed E-state index contributed by atoms with van der Waals surface area (Å²) in [7, 11) is -0.563. The van der Waals surface area contributed by atoms with Crippen LogP contribution in [0.3, 0.4) is 0 Å². The molecule has 0 aromatic heterocycles. The Hall–Kier alpha value is -2.12. The van der Waals surface area contributed by atoms with E-state index >= 15 is 0 Å². The number of rotatable bonds is 7. The van der Waals surface area contributed by atoms with Crippen LogP contribution in [0.5, 0.6) is 11.5 Å². The van der Waals surface area contributed by atoms with Crippen molar-refractivity contribution >= 4 is 10.0 Å². The van der Waals surface area contributed by atoms with Gasteiger partial charge in [-0.25, -0.2) is 17.5 Å². The maximum absolute atomic E-state index is 12.9. The molecule has 0 aliphatic heterocycles. The highest BCUT2D eigenvalue weighted by Crippen LogP contribution is 2.24. The molecular formula is C16H18FNO4S. The van der Waals surface area contributed by atoms with Gasteiger partial charge in [-0.2, -0.15) is 0 Å². The first kappa shape index (κ1) is 17.2. The minimum atomic E-state index is -3.67. The van der Waals surface area contributed by atoms with E-state index in [0.29, 0.717) is 17.9 Å². The Morgan fingerprint density at radius 1 is 1.04 bits per heavy atom. The predicted octanol–water partition coefficient (Wildman–Crippen LogP) is 2.36. The molecule has 0 aliphatic rings. The second-order valence-electron chi connectivity index (χ2n) is 4.78. The number of methoxy groups -OCH3 is 2. The Bertz CT molecular complexity index is 760. The van der Waals surface area contributed by atoms with E-state index in [-0.39, 0.29) is 11.4 Å². The van der Waals surface area contributed by atoms with Gasteiger partial charge in [-0.15, -0.1) is 0 Å². The van der Waals surface area contributed by atoms with Gasteiger partial charge in [0.2, 0.25) is 10.0 Å². The van der Waals surface area contributed by atoms with Crippen LogP contribution in [-0.2, 0) is 16.4 Å². The van der Waals surface area contributed by atoms with Crippen molar-refractivity contribution in [3.63, 3.8) is 0 Å². The Kier molecular flexibility index (Phi) is 5.57. The molecule has 1 N–H and O–H groups in total. The quantitative estimate of drug-likeness (QED) is 0.841. The fourth-order valence-corrected chi connectivity index (χ4v) is 3.13. The summed E-state index contributed by atoms with van der Waals surface area (Å²) in [5.41, 5.74) is 0.827. The second-order valence-corrected chi connectivity index (χ2v) is 6.55. The minimum absolute atomic E-state index is 0.0245. The fourth-order valence-electron chi connectivity index (χ4n) is 2.09. The summed E-state index contributed by atoms with van der Waals surface area (Å²) >= 11 is 0. The average molecular weight is 339 g/mol. The van der Waals surface area contributed by atoms with Crippen molar-refractivity contribution < 1.29 is 22.3 Å². The van der Waals surface area contributed by atoms with Gasteiger partial charge in [0.1, 0.15) is 17.3 Å². The van der Waals surface area contributed by atoms with Crippen LogP contribution in [0.2, 0.25) is 0 Å². The summed E-state index contributed by atoms with van der Waals surface area (Å²) in [6.45, 7) is 0.184. The van der Waals surface area contributed by atoms with Gasteiger partial charge >= 0.3 is 0 Å². The van der Waals surface area contributed by atoms with Crippen molar-refractivity contribution in [2.45, 2.75) is 11.3 Å². The van der Waals surface area contributed by atoms with E-state index in [4.69, 9.17) is 9.47 Å². The highest BCUT2D eigenvalue weighted by atomic mass is 32.2. The monoisotopic (exact) mass is 339 g/mol. The third-order valence-corrected chi connectivity index (χ3v) is 4.77. The molecule has 0 heterocycles. The van der Waals surface area contributed by atoms with E-state index in [1.54, 1.807) is 32.4 Å². The molecule has 0 atom stereocenters. The normalized spacial score (nSPS) is 11.3. The minimum Gasteiger partial charge on any atom is -0.497 e. The van der Waals surface area contributed by atoms with Gasteiger partial charge in [-0.05, 0) is 54.4 Å². The Morgan fingerprint density at radius 3 is 2.35 bits per heavy atom. The third-order valence-electron chi connectivity index (χ3n) is 3.30. The lowest BCUT2D eigenvalue weighted by atomic mass is 10.1. The highest BCUT2D eigenvalue weighted by molar-refractivity contribution is 7.89. The standard InChI is InChI=1S/C16H18FNO4S/c1-21-14-5-8-16(22-2)12(11-14)9-10-18-23(19,20)15-6-3-13(17)4-7-15/h3-8,11,18H,9-10H2,1-2H3. The summed E-state index contributed by atoms with van der Waals surface area (Å²) in [4.78, 5) is 0.0245. The number of nitrogens with one attached hydrogen (secondary N) is 1. The molecule has 5 nitrogen and oxygen atoms in total. The van der Waals surface area contributed by atoms with Crippen molar-refractivity contribution in [2.24, 2.45) is 0 Å². The molecule has 0 radical (unpaired) electrons. The van der Waals surface area contributed by atoms with Gasteiger partial charge in [0.05, 0.1) is 19.1 Å². The van der Waals surface area contributed by atoms with E-state index in [1.807, 2.05) is 0 Å². The Morgan fingerprint density at radius 2 is 1.74 bits per heavy atom. The topological polar surface area (TPSA) is 64.6 Å². The molecule has 0 unspecified atom stereocenters. The molecule has 0 amide bonds. The third kappa shape index (κ3) is 4.43. The molecule has 2 aromatic rings. The number of hydrogen-bond acceptors (Lipinski definition) is 4. The summed E-state index contributed by atoms with van der Waals surface area (Å²) in [6.07, 6.45) is 0.431. The lowest BCUT2D eigenvalue weighted by Gasteiger charge is -2.11. The molecule has 124 valence electrons. The van der Waals surface area contributed by atoms with Gasteiger partial charge in [0, 0.05) is 6.54 Å². The largest absolute Gasteiger partial charge is 0.497 e. The lowest BCUT2D eigenvalue weighted by molar-refractivity contribution is 0.398. The van der Waals surface area contributed by atoms with Gasteiger partial charge in [0.25, 0.3) is 0 Å². The Balaban J connectivity index is 2.05. The first-order valence-corrected chi connectivity index (χ1v) is 8.40. The van der Waals surface area contributed by atoms with Gasteiger partial charge in [-0.1, -0.05) is 0 Å². The fraction of sp³-hybridized carbons (Fsp3) is 0.250. The SMILES string of the molecule is COc1ccc(OC)c(CCNS(=O)(=O)c2ccc(F)cc2)c1. The van der Waals surface area contributed by atoms with Crippen LogP contribution in [0.1, 0.15) is 5.56 Å². The van der Waals surface area contributed by atoms with Gasteiger partial charge in [0.15, 0.2) is 0 Å². The molecule has 0 spiro atoms. The Labute approximate surface area is 135 Å². The van der Waals surface area contributed by atoms with Crippen molar-refractivity contribution in [3.8, 4) is 11.5 Å². The van der Waals surface area contributed by atoms with Crippen LogP contribution >= 0.6 is 0 Å². The summed E-state index contributed by atoms with van der Waals surface area (Å²) in [5.74, 6) is 0.846. The predicted molar refractivity (Wildman–Crippen MR) is 84.8 cm³/mol. The zero-order chi connectivity index (χ0) is 16.9. The summed E-state index contributed by atoms with van der Waals surface area (Å²) in [5, 5.41) is 0. The first-order chi connectivity index (χ1) is 11.0. The summed E-state index contributed by atoms with van der Waals surface area (Å²) in [6, 6.07) is 10.0. The van der Waals surface area contributed by atoms with Crippen LogP contribution in [-0.4, -0.2) is 29.2 Å². The highest BCUT2D eigenvalue weighted by Gasteiger charge is 2.14. The van der Waals surface area contributed by atoms with Crippen molar-refractivity contribution in [2.75, 3.05) is 20.8 Å². The molecule has 0 saturated carbocycles. The van der Waals surface area contributed by atoms with Crippen LogP contribution < -0.4 is 14.2 Å². The average Bonchev–Trinajstić information content (AvgIpc) is 2.55. The lowest BCUT2D eigenvalue weighted by Crippen LogP contribution is -2.26. The van der Waals surface area contributed by atoms with Crippen LogP contribution in [0.15, 0.2) is 47.4 Å². The molecule has 0 bridgehead atoms. The van der Waals surface area contributed by atoms with Crippen LogP contribution in [0.25, 0.3) is 0 Å². The first-order valence-electron chi connectivity index (χ1n) is 6.92. The van der Waals surface area contributed by atoms with E-state index in [2.05, 4.69) is 4.72 Å². The van der Waals surface area contributed by atoms with E-state index in [9.17, 15) is 12.8 Å². The van der Waals surface area contributed by atoms with Crippen LogP contribution in [0, 0.1) is 5.82 Å². The zero-order valence-electron chi connectivity index (χ0n) is 12.9. The molecule has 2 aromatic carbocycles. The van der Waals surface area contributed by atoms with E-state index in [1.165, 1.54) is 12.1 Å². The van der Waals surface area contributed by atoms with Gasteiger partial charge < -0.3 is 9.47 Å². The molecule has 0 saturated heterocycles. The molecule has 0 fully saturated rings. The molecule has 23 heavy (non-hydrogen) atoms. The molecule has 7 heteroatoms. The van der Waals surface area contributed by atoms with Crippen molar-refractivity contribution in [3.05, 3.63) is 53.8 Å². The number of hydrogen-bond donors (Lipinski definition) is 1. The van der Waals surface area contributed by atoms with Crippen molar-refractivity contribution in [1.29, 1.82) is 0 Å². The van der Waals surface area contributed by atoms with E-state index < -0.39 is 15.8 Å². The molecular weight excluding hydrogens is 321 g/mol. The maximum Gasteiger partial charge on any atom is 0.240 e. The maximum atomic E-state index is 12.9. The smallest absolute Gasteiger partial charge is 0.240 e. The molecule has 2 rings (SSSR count). The zero-order valence-corrected chi connectivity index (χ0v) is 13.7.